The highest BCUT2D eigenvalue weighted by Gasteiger charge is 2.17. The van der Waals surface area contributed by atoms with E-state index in [1.807, 2.05) is 36.4 Å². The Labute approximate surface area is 160 Å². The third-order valence-electron chi connectivity index (χ3n) is 4.82. The minimum atomic E-state index is -0.407. The van der Waals surface area contributed by atoms with Crippen LogP contribution in [0.2, 0.25) is 0 Å². The number of ether oxygens (including phenoxy) is 1. The number of benzene rings is 2. The molecule has 1 aliphatic rings. The average Bonchev–Trinajstić information content (AvgIpc) is 2.68. The lowest BCUT2D eigenvalue weighted by molar-refractivity contribution is 0.0827. The summed E-state index contributed by atoms with van der Waals surface area (Å²) in [5.74, 6) is 0.446. The van der Waals surface area contributed by atoms with Gasteiger partial charge in [-0.2, -0.15) is 0 Å². The molecule has 5 nitrogen and oxygen atoms in total. The SMILES string of the molecule is CN(C)C(=O)c1cccc(-c2cccc(OC(=O)NC3CCCCC3)c2)c1. The van der Waals surface area contributed by atoms with Crippen molar-refractivity contribution in [2.45, 2.75) is 38.1 Å². The molecule has 3 rings (SSSR count). The molecule has 0 saturated heterocycles. The van der Waals surface area contributed by atoms with Crippen LogP contribution >= 0.6 is 0 Å². The van der Waals surface area contributed by atoms with Crippen molar-refractivity contribution in [1.82, 2.24) is 10.2 Å². The van der Waals surface area contributed by atoms with Crippen molar-refractivity contribution >= 4 is 12.0 Å². The van der Waals surface area contributed by atoms with Crippen LogP contribution < -0.4 is 10.1 Å². The molecule has 1 saturated carbocycles. The smallest absolute Gasteiger partial charge is 0.410 e. The molecule has 2 aromatic carbocycles. The first kappa shape index (κ1) is 19.0. The van der Waals surface area contributed by atoms with Gasteiger partial charge in [0, 0.05) is 25.7 Å². The van der Waals surface area contributed by atoms with Crippen LogP contribution in [-0.2, 0) is 0 Å². The second kappa shape index (κ2) is 8.71. The predicted octanol–water partition coefficient (Wildman–Crippen LogP) is 4.48. The van der Waals surface area contributed by atoms with Gasteiger partial charge in [-0.3, -0.25) is 4.79 Å². The van der Waals surface area contributed by atoms with Gasteiger partial charge >= 0.3 is 6.09 Å². The van der Waals surface area contributed by atoms with Gasteiger partial charge in [-0.1, -0.05) is 43.5 Å². The molecule has 0 radical (unpaired) electrons. The van der Waals surface area contributed by atoms with Crippen molar-refractivity contribution < 1.29 is 14.3 Å². The molecule has 1 fully saturated rings. The quantitative estimate of drug-likeness (QED) is 0.868. The Morgan fingerprint density at radius 3 is 2.33 bits per heavy atom. The van der Waals surface area contributed by atoms with E-state index < -0.39 is 6.09 Å². The van der Waals surface area contributed by atoms with Gasteiger partial charge in [0.1, 0.15) is 5.75 Å². The van der Waals surface area contributed by atoms with E-state index in [9.17, 15) is 9.59 Å². The fourth-order valence-corrected chi connectivity index (χ4v) is 3.38. The largest absolute Gasteiger partial charge is 0.412 e. The topological polar surface area (TPSA) is 58.6 Å². The fraction of sp³-hybridized carbons (Fsp3) is 0.364. The summed E-state index contributed by atoms with van der Waals surface area (Å²) in [6.07, 6.45) is 5.18. The molecule has 0 atom stereocenters. The minimum Gasteiger partial charge on any atom is -0.410 e. The van der Waals surface area contributed by atoms with E-state index in [0.717, 1.165) is 36.8 Å². The Balaban J connectivity index is 1.71. The van der Waals surface area contributed by atoms with Crippen LogP contribution in [0.3, 0.4) is 0 Å². The molecule has 27 heavy (non-hydrogen) atoms. The van der Waals surface area contributed by atoms with Crippen molar-refractivity contribution in [2.24, 2.45) is 0 Å². The Kier molecular flexibility index (Phi) is 6.12. The lowest BCUT2D eigenvalue weighted by Crippen LogP contribution is -2.37. The zero-order chi connectivity index (χ0) is 19.2. The maximum atomic E-state index is 12.2. The summed E-state index contributed by atoms with van der Waals surface area (Å²) in [6, 6.07) is 15.0. The van der Waals surface area contributed by atoms with Crippen LogP contribution in [0.15, 0.2) is 48.5 Å². The van der Waals surface area contributed by atoms with Crippen molar-refractivity contribution in [3.63, 3.8) is 0 Å². The number of carbonyl (C=O) groups excluding carboxylic acids is 2. The fourth-order valence-electron chi connectivity index (χ4n) is 3.38. The second-order valence-electron chi connectivity index (χ2n) is 7.18. The molecule has 1 aliphatic carbocycles. The standard InChI is InChI=1S/C22H26N2O3/c1-24(2)21(25)18-10-6-8-16(14-18)17-9-7-13-20(15-17)27-22(26)23-19-11-4-3-5-12-19/h6-10,13-15,19H,3-5,11-12H2,1-2H3,(H,23,26). The van der Waals surface area contributed by atoms with E-state index in [4.69, 9.17) is 4.74 Å². The molecule has 0 aromatic heterocycles. The summed E-state index contributed by atoms with van der Waals surface area (Å²) < 4.78 is 5.47. The molecule has 1 N–H and O–H groups in total. The Morgan fingerprint density at radius 2 is 1.63 bits per heavy atom. The zero-order valence-electron chi connectivity index (χ0n) is 15.9. The summed E-state index contributed by atoms with van der Waals surface area (Å²) in [6.45, 7) is 0. The van der Waals surface area contributed by atoms with Gasteiger partial charge in [-0.05, 0) is 48.2 Å². The first-order valence-electron chi connectivity index (χ1n) is 9.43. The van der Waals surface area contributed by atoms with Crippen LogP contribution in [0.25, 0.3) is 11.1 Å². The Morgan fingerprint density at radius 1 is 0.963 bits per heavy atom. The van der Waals surface area contributed by atoms with Gasteiger partial charge in [0.25, 0.3) is 5.91 Å². The third kappa shape index (κ3) is 5.09. The monoisotopic (exact) mass is 366 g/mol. The zero-order valence-corrected chi connectivity index (χ0v) is 15.9. The van der Waals surface area contributed by atoms with E-state index in [1.165, 1.54) is 6.42 Å². The van der Waals surface area contributed by atoms with Crippen molar-refractivity contribution in [3.8, 4) is 16.9 Å². The highest BCUT2D eigenvalue weighted by molar-refractivity contribution is 5.95. The number of amides is 2. The highest BCUT2D eigenvalue weighted by Crippen LogP contribution is 2.25. The van der Waals surface area contributed by atoms with E-state index >= 15 is 0 Å². The Bertz CT molecular complexity index is 811. The summed E-state index contributed by atoms with van der Waals surface area (Å²) in [7, 11) is 3.46. The summed E-state index contributed by atoms with van der Waals surface area (Å²) in [4.78, 5) is 25.9. The van der Waals surface area contributed by atoms with Crippen LogP contribution in [0.5, 0.6) is 5.75 Å². The highest BCUT2D eigenvalue weighted by atomic mass is 16.6. The van der Waals surface area contributed by atoms with E-state index in [1.54, 1.807) is 31.1 Å². The number of hydrogen-bond donors (Lipinski definition) is 1. The number of nitrogens with zero attached hydrogens (tertiary/aromatic N) is 1. The van der Waals surface area contributed by atoms with Crippen LogP contribution in [0.4, 0.5) is 4.79 Å². The maximum Gasteiger partial charge on any atom is 0.412 e. The average molecular weight is 366 g/mol. The van der Waals surface area contributed by atoms with Gasteiger partial charge in [-0.25, -0.2) is 4.79 Å². The van der Waals surface area contributed by atoms with E-state index in [2.05, 4.69) is 5.32 Å². The van der Waals surface area contributed by atoms with Gasteiger partial charge in [0.15, 0.2) is 0 Å². The van der Waals surface area contributed by atoms with Crippen molar-refractivity contribution in [2.75, 3.05) is 14.1 Å². The molecule has 0 unspecified atom stereocenters. The molecule has 0 aliphatic heterocycles. The third-order valence-corrected chi connectivity index (χ3v) is 4.82. The Hall–Kier alpha value is -2.82. The summed E-state index contributed by atoms with van der Waals surface area (Å²) in [5, 5.41) is 2.95. The summed E-state index contributed by atoms with van der Waals surface area (Å²) >= 11 is 0. The van der Waals surface area contributed by atoms with E-state index in [-0.39, 0.29) is 11.9 Å². The lowest BCUT2D eigenvalue weighted by Gasteiger charge is -2.22. The lowest BCUT2D eigenvalue weighted by atomic mass is 9.96. The minimum absolute atomic E-state index is 0.0453. The second-order valence-corrected chi connectivity index (χ2v) is 7.18. The molecule has 5 heteroatoms. The van der Waals surface area contributed by atoms with E-state index in [0.29, 0.717) is 11.3 Å². The molecule has 0 heterocycles. The predicted molar refractivity (Wildman–Crippen MR) is 106 cm³/mol. The molecule has 0 spiro atoms. The van der Waals surface area contributed by atoms with Crippen LogP contribution in [0.1, 0.15) is 42.5 Å². The van der Waals surface area contributed by atoms with Crippen molar-refractivity contribution in [1.29, 1.82) is 0 Å². The van der Waals surface area contributed by atoms with Crippen molar-refractivity contribution in [3.05, 3.63) is 54.1 Å². The number of carbonyl (C=O) groups is 2. The van der Waals surface area contributed by atoms with Gasteiger partial charge in [-0.15, -0.1) is 0 Å². The molecule has 2 aromatic rings. The normalized spacial score (nSPS) is 14.4. The maximum absolute atomic E-state index is 12.2. The first-order valence-corrected chi connectivity index (χ1v) is 9.43. The van der Waals surface area contributed by atoms with Gasteiger partial charge in [0.2, 0.25) is 0 Å². The molecule has 0 bridgehead atoms. The number of hydrogen-bond acceptors (Lipinski definition) is 3. The van der Waals surface area contributed by atoms with Gasteiger partial charge in [0.05, 0.1) is 0 Å². The molecule has 2 amide bonds. The number of rotatable bonds is 4. The molecular weight excluding hydrogens is 340 g/mol. The number of nitrogens with one attached hydrogen (secondary N) is 1. The summed E-state index contributed by atoms with van der Waals surface area (Å²) in [5.41, 5.74) is 2.42. The molecular formula is C22H26N2O3. The van der Waals surface area contributed by atoms with Crippen LogP contribution in [0, 0.1) is 0 Å². The van der Waals surface area contributed by atoms with Gasteiger partial charge < -0.3 is 15.0 Å². The van der Waals surface area contributed by atoms with Crippen LogP contribution in [-0.4, -0.2) is 37.0 Å². The molecule has 142 valence electrons. The first-order chi connectivity index (χ1) is 13.0.